The second-order valence-corrected chi connectivity index (χ2v) is 6.40. The summed E-state index contributed by atoms with van der Waals surface area (Å²) in [5.41, 5.74) is 0.914. The van der Waals surface area contributed by atoms with Gasteiger partial charge in [0.15, 0.2) is 5.96 Å². The predicted molar refractivity (Wildman–Crippen MR) is 96.5 cm³/mol. The summed E-state index contributed by atoms with van der Waals surface area (Å²) in [5.74, 6) is 1.07. The number of aromatic nitrogens is 1. The van der Waals surface area contributed by atoms with Gasteiger partial charge in [-0.3, -0.25) is 4.99 Å². The van der Waals surface area contributed by atoms with E-state index in [9.17, 15) is 8.78 Å². The Labute approximate surface area is 150 Å². The quantitative estimate of drug-likeness (QED) is 0.555. The Bertz CT molecular complexity index is 691. The number of halogens is 2. The average Bonchev–Trinajstić information content (AvgIpc) is 3.08. The van der Waals surface area contributed by atoms with Gasteiger partial charge in [0.05, 0.1) is 6.54 Å². The molecule has 0 spiro atoms. The number of aryl methyl sites for hydroxylation is 1. The van der Waals surface area contributed by atoms with Crippen LogP contribution in [0.15, 0.2) is 35.5 Å². The molecular formula is C17H22F2N4OS. The van der Waals surface area contributed by atoms with Crippen molar-refractivity contribution in [3.05, 3.63) is 45.9 Å². The molecule has 2 aromatic rings. The number of guanidine groups is 1. The van der Waals surface area contributed by atoms with Gasteiger partial charge >= 0.3 is 0 Å². The van der Waals surface area contributed by atoms with Gasteiger partial charge in [-0.2, -0.15) is 0 Å². The van der Waals surface area contributed by atoms with Crippen LogP contribution in [0.2, 0.25) is 0 Å². The minimum atomic E-state index is -2.48. The van der Waals surface area contributed by atoms with Crippen LogP contribution >= 0.6 is 11.3 Å². The number of hydrogen-bond acceptors (Lipinski definition) is 4. The van der Waals surface area contributed by atoms with E-state index in [1.807, 2.05) is 12.3 Å². The van der Waals surface area contributed by atoms with Crippen molar-refractivity contribution in [3.8, 4) is 5.75 Å². The molecule has 1 aromatic heterocycles. The molecule has 25 heavy (non-hydrogen) atoms. The zero-order valence-corrected chi connectivity index (χ0v) is 15.1. The van der Waals surface area contributed by atoms with Gasteiger partial charge in [-0.15, -0.1) is 11.3 Å². The fourth-order valence-corrected chi connectivity index (χ4v) is 2.87. The standard InChI is InChI=1S/C17H22F2N4OS/c1-3-14-9-21-16(25-14)10-23-17(20-2)22-8-12-5-4-6-13(7-12)24-11-15(18)19/h4-7,9,15H,3,8,10-11H2,1-2H3,(H2,20,22,23). The van der Waals surface area contributed by atoms with E-state index in [0.29, 0.717) is 24.8 Å². The second kappa shape index (κ2) is 9.93. The van der Waals surface area contributed by atoms with E-state index < -0.39 is 13.0 Å². The fourth-order valence-electron chi connectivity index (χ4n) is 2.06. The van der Waals surface area contributed by atoms with Crippen molar-refractivity contribution in [2.24, 2.45) is 4.99 Å². The predicted octanol–water partition coefficient (Wildman–Crippen LogP) is 3.21. The van der Waals surface area contributed by atoms with Gasteiger partial charge in [-0.1, -0.05) is 19.1 Å². The lowest BCUT2D eigenvalue weighted by molar-refractivity contribution is 0.0818. The number of thiazole rings is 1. The Hall–Kier alpha value is -2.22. The van der Waals surface area contributed by atoms with Gasteiger partial charge < -0.3 is 15.4 Å². The molecule has 0 fully saturated rings. The summed E-state index contributed by atoms with van der Waals surface area (Å²) in [6.45, 7) is 2.60. The van der Waals surface area contributed by atoms with Crippen molar-refractivity contribution in [1.82, 2.24) is 15.6 Å². The van der Waals surface area contributed by atoms with Crippen molar-refractivity contribution in [2.45, 2.75) is 32.9 Å². The minimum Gasteiger partial charge on any atom is -0.488 e. The van der Waals surface area contributed by atoms with E-state index in [4.69, 9.17) is 4.74 Å². The van der Waals surface area contributed by atoms with Gasteiger partial charge in [0.25, 0.3) is 6.43 Å². The van der Waals surface area contributed by atoms with Gasteiger partial charge in [-0.25, -0.2) is 13.8 Å². The lowest BCUT2D eigenvalue weighted by atomic mass is 10.2. The van der Waals surface area contributed by atoms with Crippen LogP contribution in [0, 0.1) is 0 Å². The summed E-state index contributed by atoms with van der Waals surface area (Å²) >= 11 is 1.68. The van der Waals surface area contributed by atoms with Crippen LogP contribution in [0.5, 0.6) is 5.75 Å². The van der Waals surface area contributed by atoms with Crippen molar-refractivity contribution in [1.29, 1.82) is 0 Å². The first-order valence-corrected chi connectivity index (χ1v) is 8.80. The molecule has 0 radical (unpaired) electrons. The highest BCUT2D eigenvalue weighted by atomic mass is 32.1. The van der Waals surface area contributed by atoms with E-state index in [0.717, 1.165) is 17.0 Å². The molecule has 0 aliphatic heterocycles. The number of rotatable bonds is 8. The van der Waals surface area contributed by atoms with Crippen LogP contribution in [0.4, 0.5) is 8.78 Å². The van der Waals surface area contributed by atoms with Crippen LogP contribution in [-0.2, 0) is 19.5 Å². The number of ether oxygens (including phenoxy) is 1. The van der Waals surface area contributed by atoms with E-state index in [-0.39, 0.29) is 0 Å². The topological polar surface area (TPSA) is 58.5 Å². The molecular weight excluding hydrogens is 346 g/mol. The maximum absolute atomic E-state index is 12.2. The Balaban J connectivity index is 1.82. The summed E-state index contributed by atoms with van der Waals surface area (Å²) in [4.78, 5) is 9.77. The lowest BCUT2D eigenvalue weighted by Crippen LogP contribution is -2.36. The van der Waals surface area contributed by atoms with E-state index in [1.54, 1.807) is 36.6 Å². The molecule has 0 amide bonds. The maximum Gasteiger partial charge on any atom is 0.272 e. The lowest BCUT2D eigenvalue weighted by Gasteiger charge is -2.12. The summed E-state index contributed by atoms with van der Waals surface area (Å²) in [6.07, 6.45) is 0.390. The van der Waals surface area contributed by atoms with Gasteiger partial charge in [0.1, 0.15) is 17.4 Å². The summed E-state index contributed by atoms with van der Waals surface area (Å²) in [5, 5.41) is 7.39. The smallest absolute Gasteiger partial charge is 0.272 e. The molecule has 0 unspecified atom stereocenters. The zero-order valence-electron chi connectivity index (χ0n) is 14.3. The Morgan fingerprint density at radius 1 is 1.32 bits per heavy atom. The summed E-state index contributed by atoms with van der Waals surface area (Å²) < 4.78 is 29.4. The van der Waals surface area contributed by atoms with Crippen LogP contribution in [0.25, 0.3) is 0 Å². The number of hydrogen-bond donors (Lipinski definition) is 2. The normalized spacial score (nSPS) is 11.6. The van der Waals surface area contributed by atoms with E-state index in [2.05, 4.69) is 27.5 Å². The van der Waals surface area contributed by atoms with Crippen molar-refractivity contribution in [2.75, 3.05) is 13.7 Å². The Morgan fingerprint density at radius 3 is 2.80 bits per heavy atom. The molecule has 0 saturated heterocycles. The molecule has 0 aliphatic carbocycles. The third-order valence-electron chi connectivity index (χ3n) is 3.31. The molecule has 2 N–H and O–H groups in total. The molecule has 8 heteroatoms. The second-order valence-electron chi connectivity index (χ2n) is 5.20. The number of aliphatic imine (C=N–C) groups is 1. The van der Waals surface area contributed by atoms with Crippen molar-refractivity contribution >= 4 is 17.3 Å². The Kier molecular flexibility index (Phi) is 7.59. The van der Waals surface area contributed by atoms with Gasteiger partial charge in [-0.05, 0) is 24.1 Å². The molecule has 136 valence electrons. The van der Waals surface area contributed by atoms with E-state index in [1.165, 1.54) is 4.88 Å². The fraction of sp³-hybridized carbons (Fsp3) is 0.412. The minimum absolute atomic E-state index is 0.428. The van der Waals surface area contributed by atoms with Crippen molar-refractivity contribution in [3.63, 3.8) is 0 Å². The van der Waals surface area contributed by atoms with Crippen LogP contribution in [-0.4, -0.2) is 31.0 Å². The summed E-state index contributed by atoms with van der Waals surface area (Å²) in [6, 6.07) is 7.06. The molecule has 0 bridgehead atoms. The molecule has 0 saturated carbocycles. The molecule has 0 atom stereocenters. The van der Waals surface area contributed by atoms with Gasteiger partial charge in [0, 0.05) is 24.7 Å². The monoisotopic (exact) mass is 368 g/mol. The number of alkyl halides is 2. The molecule has 1 aromatic carbocycles. The number of nitrogens with one attached hydrogen (secondary N) is 2. The number of nitrogens with zero attached hydrogens (tertiary/aromatic N) is 2. The highest BCUT2D eigenvalue weighted by molar-refractivity contribution is 7.11. The molecule has 1 heterocycles. The third-order valence-corrected chi connectivity index (χ3v) is 4.46. The van der Waals surface area contributed by atoms with E-state index >= 15 is 0 Å². The first kappa shape index (κ1) is 19.1. The Morgan fingerprint density at radius 2 is 2.12 bits per heavy atom. The van der Waals surface area contributed by atoms with Crippen molar-refractivity contribution < 1.29 is 13.5 Å². The maximum atomic E-state index is 12.2. The highest BCUT2D eigenvalue weighted by Gasteiger charge is 2.05. The molecule has 5 nitrogen and oxygen atoms in total. The van der Waals surface area contributed by atoms with Gasteiger partial charge in [0.2, 0.25) is 0 Å². The first-order valence-electron chi connectivity index (χ1n) is 7.98. The first-order chi connectivity index (χ1) is 12.1. The average molecular weight is 368 g/mol. The number of benzene rings is 1. The third kappa shape index (κ3) is 6.66. The van der Waals surface area contributed by atoms with Crippen LogP contribution < -0.4 is 15.4 Å². The zero-order chi connectivity index (χ0) is 18.1. The van der Waals surface area contributed by atoms with Crippen LogP contribution in [0.1, 0.15) is 22.4 Å². The molecule has 2 rings (SSSR count). The summed E-state index contributed by atoms with van der Waals surface area (Å²) in [7, 11) is 1.69. The van der Waals surface area contributed by atoms with Crippen LogP contribution in [0.3, 0.4) is 0 Å². The molecule has 0 aliphatic rings. The SMILES string of the molecule is CCc1cnc(CNC(=NC)NCc2cccc(OCC(F)F)c2)s1. The largest absolute Gasteiger partial charge is 0.488 e. The highest BCUT2D eigenvalue weighted by Crippen LogP contribution is 2.14.